The lowest BCUT2D eigenvalue weighted by Gasteiger charge is -2.32. The van der Waals surface area contributed by atoms with E-state index in [1.165, 1.54) is 12.1 Å². The fraction of sp³-hybridized carbons (Fsp3) is 0.529. The molecule has 0 bridgehead atoms. The minimum Gasteiger partial charge on any atom is -0.400 e. The van der Waals surface area contributed by atoms with Crippen LogP contribution in [0.4, 0.5) is 8.78 Å². The van der Waals surface area contributed by atoms with Gasteiger partial charge in [0.25, 0.3) is 0 Å². The number of alkyl halides is 2. The maximum Gasteiger partial charge on any atom is 0.586 e. The Morgan fingerprint density at radius 3 is 2.28 bits per heavy atom. The van der Waals surface area contributed by atoms with Crippen LogP contribution in [0.25, 0.3) is 6.08 Å². The van der Waals surface area contributed by atoms with Crippen LogP contribution in [0.2, 0.25) is 0 Å². The van der Waals surface area contributed by atoms with Crippen LogP contribution in [-0.4, -0.2) is 38.2 Å². The first-order valence-corrected chi connectivity index (χ1v) is 8.14. The molecule has 1 aromatic carbocycles. The molecule has 1 aromatic rings. The van der Waals surface area contributed by atoms with Gasteiger partial charge in [-0.1, -0.05) is 12.1 Å². The summed E-state index contributed by atoms with van der Waals surface area (Å²) in [7, 11) is 1.29. The van der Waals surface area contributed by atoms with E-state index in [9.17, 15) is 8.78 Å². The summed E-state index contributed by atoms with van der Waals surface area (Å²) in [5.74, 6) is 0.0319. The molecule has 0 aromatic heterocycles. The number of nitrogens with one attached hydrogen (secondary N) is 1. The van der Waals surface area contributed by atoms with E-state index in [0.29, 0.717) is 12.1 Å². The second-order valence-electron chi connectivity index (χ2n) is 7.21. The SMILES string of the molecule is CNCC(=Cc1ccc2c(c1)OC(F)(F)O2)B1OC(C)(C)C(C)(C)O1. The molecule has 3 rings (SSSR count). The largest absolute Gasteiger partial charge is 0.586 e. The Kier molecular flexibility index (Phi) is 4.34. The summed E-state index contributed by atoms with van der Waals surface area (Å²) in [4.78, 5) is 0. The molecule has 5 nitrogen and oxygen atoms in total. The first-order valence-electron chi connectivity index (χ1n) is 8.14. The molecule has 0 unspecified atom stereocenters. The van der Waals surface area contributed by atoms with Crippen LogP contribution >= 0.6 is 0 Å². The Hall–Kier alpha value is -1.64. The third kappa shape index (κ3) is 3.52. The lowest BCUT2D eigenvalue weighted by Crippen LogP contribution is -2.41. The van der Waals surface area contributed by atoms with Crippen molar-refractivity contribution in [2.75, 3.05) is 13.6 Å². The topological polar surface area (TPSA) is 49.0 Å². The van der Waals surface area contributed by atoms with Gasteiger partial charge in [0.05, 0.1) is 11.2 Å². The molecule has 0 aliphatic carbocycles. The van der Waals surface area contributed by atoms with Gasteiger partial charge in [-0.3, -0.25) is 0 Å². The van der Waals surface area contributed by atoms with Gasteiger partial charge in [0.15, 0.2) is 11.5 Å². The molecule has 1 saturated heterocycles. The number of fused-ring (bicyclic) bond motifs is 1. The maximum absolute atomic E-state index is 13.2. The van der Waals surface area contributed by atoms with E-state index in [4.69, 9.17) is 9.31 Å². The summed E-state index contributed by atoms with van der Waals surface area (Å²) in [6.07, 6.45) is -1.77. The van der Waals surface area contributed by atoms with Gasteiger partial charge in [0.2, 0.25) is 0 Å². The molecule has 2 heterocycles. The first-order chi connectivity index (χ1) is 11.5. The van der Waals surface area contributed by atoms with Gasteiger partial charge in [-0.05, 0) is 57.9 Å². The average Bonchev–Trinajstić information content (AvgIpc) is 2.89. The number of benzene rings is 1. The highest BCUT2D eigenvalue weighted by atomic mass is 19.3. The van der Waals surface area contributed by atoms with Crippen molar-refractivity contribution in [3.63, 3.8) is 0 Å². The van der Waals surface area contributed by atoms with E-state index in [1.807, 2.05) is 40.8 Å². The van der Waals surface area contributed by atoms with Crippen molar-refractivity contribution in [3.8, 4) is 11.5 Å². The lowest BCUT2D eigenvalue weighted by molar-refractivity contribution is -0.286. The smallest absolute Gasteiger partial charge is 0.400 e. The van der Waals surface area contributed by atoms with E-state index in [2.05, 4.69) is 14.8 Å². The Morgan fingerprint density at radius 1 is 1.08 bits per heavy atom. The van der Waals surface area contributed by atoms with Crippen LogP contribution in [0, 0.1) is 0 Å². The van der Waals surface area contributed by atoms with Crippen LogP contribution in [0.1, 0.15) is 33.3 Å². The zero-order valence-corrected chi connectivity index (χ0v) is 15.0. The highest BCUT2D eigenvalue weighted by molar-refractivity contribution is 6.55. The van der Waals surface area contributed by atoms with E-state index < -0.39 is 24.6 Å². The number of hydrogen-bond acceptors (Lipinski definition) is 5. The molecule has 2 aliphatic rings. The van der Waals surface area contributed by atoms with Crippen molar-refractivity contribution in [2.24, 2.45) is 0 Å². The van der Waals surface area contributed by atoms with Crippen LogP contribution in [0.5, 0.6) is 11.5 Å². The van der Waals surface area contributed by atoms with Crippen molar-refractivity contribution >= 4 is 13.2 Å². The predicted octanol–water partition coefficient (Wildman–Crippen LogP) is 3.24. The maximum atomic E-state index is 13.2. The highest BCUT2D eigenvalue weighted by Crippen LogP contribution is 2.42. The molecule has 0 atom stereocenters. The van der Waals surface area contributed by atoms with Gasteiger partial charge in [0.1, 0.15) is 0 Å². The monoisotopic (exact) mass is 353 g/mol. The van der Waals surface area contributed by atoms with E-state index in [-0.39, 0.29) is 11.5 Å². The lowest BCUT2D eigenvalue weighted by atomic mass is 9.77. The van der Waals surface area contributed by atoms with Crippen molar-refractivity contribution in [3.05, 3.63) is 29.2 Å². The van der Waals surface area contributed by atoms with Gasteiger partial charge >= 0.3 is 13.4 Å². The normalized spacial score (nSPS) is 23.2. The molecule has 1 N–H and O–H groups in total. The van der Waals surface area contributed by atoms with Crippen molar-refractivity contribution < 1.29 is 27.6 Å². The number of likely N-dealkylation sites (N-methyl/N-ethyl adjacent to an activating group) is 1. The summed E-state index contributed by atoms with van der Waals surface area (Å²) >= 11 is 0. The van der Waals surface area contributed by atoms with E-state index in [0.717, 1.165) is 5.47 Å². The Balaban J connectivity index is 1.87. The van der Waals surface area contributed by atoms with E-state index >= 15 is 0 Å². The molecule has 25 heavy (non-hydrogen) atoms. The third-order valence-electron chi connectivity index (χ3n) is 4.71. The standard InChI is InChI=1S/C17H22BF2NO4/c1-15(2)16(3,4)25-18(24-15)12(10-21-5)8-11-6-7-13-14(9-11)23-17(19,20)22-13/h6-9,21H,10H2,1-5H3. The molecular weight excluding hydrogens is 331 g/mol. The highest BCUT2D eigenvalue weighted by Gasteiger charge is 2.52. The minimum atomic E-state index is -3.62. The summed E-state index contributed by atoms with van der Waals surface area (Å²) < 4.78 is 47.4. The van der Waals surface area contributed by atoms with E-state index in [1.54, 1.807) is 6.07 Å². The molecule has 0 amide bonds. The molecule has 1 fully saturated rings. The molecular formula is C17H22BF2NO4. The second-order valence-corrected chi connectivity index (χ2v) is 7.21. The molecule has 8 heteroatoms. The minimum absolute atomic E-state index is 0.0106. The number of halogens is 2. The molecule has 136 valence electrons. The van der Waals surface area contributed by atoms with Crippen LogP contribution in [0.3, 0.4) is 0 Å². The molecule has 2 aliphatic heterocycles. The van der Waals surface area contributed by atoms with Gasteiger partial charge < -0.3 is 24.1 Å². The number of ether oxygens (including phenoxy) is 2. The quantitative estimate of drug-likeness (QED) is 0.843. The zero-order valence-electron chi connectivity index (χ0n) is 15.0. The van der Waals surface area contributed by atoms with Crippen molar-refractivity contribution in [2.45, 2.75) is 45.2 Å². The summed E-state index contributed by atoms with van der Waals surface area (Å²) in [5, 5.41) is 3.08. The molecule has 0 radical (unpaired) electrons. The van der Waals surface area contributed by atoms with Crippen molar-refractivity contribution in [1.82, 2.24) is 5.32 Å². The van der Waals surface area contributed by atoms with Crippen LogP contribution < -0.4 is 14.8 Å². The van der Waals surface area contributed by atoms with Gasteiger partial charge in [-0.15, -0.1) is 8.78 Å². The third-order valence-corrected chi connectivity index (χ3v) is 4.71. The number of hydrogen-bond donors (Lipinski definition) is 1. The molecule has 0 saturated carbocycles. The second kappa shape index (κ2) is 5.97. The summed E-state index contributed by atoms with van der Waals surface area (Å²) in [5.41, 5.74) is 0.634. The fourth-order valence-electron chi connectivity index (χ4n) is 2.67. The van der Waals surface area contributed by atoms with Gasteiger partial charge in [-0.25, -0.2) is 0 Å². The fourth-order valence-corrected chi connectivity index (χ4v) is 2.67. The van der Waals surface area contributed by atoms with Gasteiger partial charge in [-0.2, -0.15) is 0 Å². The Labute approximate surface area is 146 Å². The van der Waals surface area contributed by atoms with Gasteiger partial charge in [0, 0.05) is 6.54 Å². The number of rotatable bonds is 4. The van der Waals surface area contributed by atoms with Crippen LogP contribution in [0.15, 0.2) is 23.7 Å². The Morgan fingerprint density at radius 2 is 1.68 bits per heavy atom. The van der Waals surface area contributed by atoms with Crippen LogP contribution in [-0.2, 0) is 9.31 Å². The average molecular weight is 353 g/mol. The zero-order chi connectivity index (χ0) is 18.5. The summed E-state index contributed by atoms with van der Waals surface area (Å²) in [6, 6.07) is 4.66. The summed E-state index contributed by atoms with van der Waals surface area (Å²) in [6.45, 7) is 8.44. The predicted molar refractivity (Wildman–Crippen MR) is 90.6 cm³/mol. The van der Waals surface area contributed by atoms with Crippen molar-refractivity contribution in [1.29, 1.82) is 0 Å². The first kappa shape index (κ1) is 18.2. The molecule has 0 spiro atoms. The Bertz CT molecular complexity index is 690.